The van der Waals surface area contributed by atoms with E-state index in [1.807, 2.05) is 17.0 Å². The van der Waals surface area contributed by atoms with Crippen LogP contribution in [0.4, 0.5) is 14.6 Å². The summed E-state index contributed by atoms with van der Waals surface area (Å²) in [6.45, 7) is 13.8. The lowest BCUT2D eigenvalue weighted by atomic mass is 9.87. The van der Waals surface area contributed by atoms with Crippen LogP contribution in [0.15, 0.2) is 36.8 Å². The number of anilines is 1. The number of nitrogens with zero attached hydrogens (tertiary/aromatic N) is 7. The first-order valence-electron chi connectivity index (χ1n) is 16.0. The summed E-state index contributed by atoms with van der Waals surface area (Å²) < 4.78 is 36.9. The third-order valence-electron chi connectivity index (χ3n) is 10.2. The fourth-order valence-corrected chi connectivity index (χ4v) is 7.91. The highest BCUT2D eigenvalue weighted by Crippen LogP contribution is 2.40. The van der Waals surface area contributed by atoms with E-state index < -0.39 is 23.6 Å². The Hall–Kier alpha value is -4.17. The number of pyridine rings is 1. The summed E-state index contributed by atoms with van der Waals surface area (Å²) in [6.07, 6.45) is 9.97. The quantitative estimate of drug-likeness (QED) is 0.270. The average molecular weight is 614 g/mol. The van der Waals surface area contributed by atoms with Crippen LogP contribution >= 0.6 is 0 Å². The molecule has 2 aromatic heterocycles. The topological polar surface area (TPSA) is 79.1 Å². The molecule has 234 valence electrons. The van der Waals surface area contributed by atoms with Crippen molar-refractivity contribution in [1.82, 2.24) is 24.8 Å². The monoisotopic (exact) mass is 613 g/mol. The van der Waals surface area contributed by atoms with Gasteiger partial charge in [-0.15, -0.1) is 0 Å². The molecule has 1 aromatic carbocycles. The van der Waals surface area contributed by atoms with E-state index in [0.717, 1.165) is 75.6 Å². The van der Waals surface area contributed by atoms with Crippen LogP contribution in [0.25, 0.3) is 27.0 Å². The highest BCUT2D eigenvalue weighted by Gasteiger charge is 2.45. The van der Waals surface area contributed by atoms with Gasteiger partial charge in [-0.05, 0) is 75.6 Å². The molecule has 0 spiro atoms. The second kappa shape index (κ2) is 12.0. The van der Waals surface area contributed by atoms with Gasteiger partial charge in [0.2, 0.25) is 6.54 Å². The van der Waals surface area contributed by atoms with Crippen LogP contribution < -0.4 is 9.64 Å². The van der Waals surface area contributed by atoms with E-state index >= 15 is 4.39 Å². The van der Waals surface area contributed by atoms with Crippen molar-refractivity contribution in [3.63, 3.8) is 0 Å². The number of fused-ring (bicyclic) bond motifs is 3. The molecule has 3 fully saturated rings. The fourth-order valence-electron chi connectivity index (χ4n) is 7.91. The Labute approximate surface area is 261 Å². The third kappa shape index (κ3) is 5.29. The Morgan fingerprint density at radius 1 is 1.11 bits per heavy atom. The Morgan fingerprint density at radius 3 is 2.69 bits per heavy atom. The Kier molecular flexibility index (Phi) is 7.86. The van der Waals surface area contributed by atoms with Crippen molar-refractivity contribution in [3.8, 4) is 17.3 Å². The zero-order valence-corrected chi connectivity index (χ0v) is 25.4. The van der Waals surface area contributed by atoms with Crippen molar-refractivity contribution in [3.05, 3.63) is 65.2 Å². The molecule has 0 radical (unpaired) electrons. The van der Waals surface area contributed by atoms with Gasteiger partial charge in [-0.3, -0.25) is 14.7 Å². The summed E-state index contributed by atoms with van der Waals surface area (Å²) in [5.74, 6) is -1.98. The summed E-state index contributed by atoms with van der Waals surface area (Å²) in [7, 11) is 0. The van der Waals surface area contributed by atoms with Crippen molar-refractivity contribution >= 4 is 22.6 Å². The molecule has 4 aliphatic rings. The molecule has 0 saturated carbocycles. The standard InChI is InChI=1S/C34H37F2N7O2/c1-22(35)32(44)43-17-16-41(20-24(43)18-37-2)31-27-19-38-29(26-11-5-9-23-8-3-4-10-25(23)26)28(36)30(27)39-33(40-31)45-21-34-12-6-14-42(34)15-7-13-34/h5,9,11,19,24H,1,3-4,6-8,10,12-18,20-21H2/t24-/m0/s1. The number of halogens is 2. The lowest BCUT2D eigenvalue weighted by molar-refractivity contribution is -0.131. The van der Waals surface area contributed by atoms with E-state index in [4.69, 9.17) is 16.3 Å². The molecule has 3 saturated heterocycles. The van der Waals surface area contributed by atoms with Gasteiger partial charge in [0.25, 0.3) is 5.91 Å². The van der Waals surface area contributed by atoms with Crippen molar-refractivity contribution in [2.75, 3.05) is 50.8 Å². The van der Waals surface area contributed by atoms with E-state index in [1.54, 1.807) is 6.20 Å². The molecule has 1 atom stereocenters. The summed E-state index contributed by atoms with van der Waals surface area (Å²) in [5.41, 5.74) is 3.49. The summed E-state index contributed by atoms with van der Waals surface area (Å²) in [5, 5.41) is 0.422. The van der Waals surface area contributed by atoms with Crippen molar-refractivity contribution < 1.29 is 18.3 Å². The maximum atomic E-state index is 16.7. The largest absolute Gasteiger partial charge is 0.461 e. The molecule has 0 unspecified atom stereocenters. The molecule has 9 nitrogen and oxygen atoms in total. The van der Waals surface area contributed by atoms with Gasteiger partial charge in [0.05, 0.1) is 10.9 Å². The van der Waals surface area contributed by atoms with E-state index in [2.05, 4.69) is 32.4 Å². The lowest BCUT2D eigenvalue weighted by Crippen LogP contribution is -2.56. The van der Waals surface area contributed by atoms with Gasteiger partial charge in [0, 0.05) is 31.4 Å². The summed E-state index contributed by atoms with van der Waals surface area (Å²) in [6, 6.07) is 5.50. The molecular formula is C34H37F2N7O2. The number of rotatable bonds is 7. The van der Waals surface area contributed by atoms with Gasteiger partial charge in [-0.25, -0.2) is 15.4 Å². The first-order chi connectivity index (χ1) is 21.9. The maximum absolute atomic E-state index is 16.7. The Balaban J connectivity index is 1.30. The predicted octanol–water partition coefficient (Wildman–Crippen LogP) is 5.14. The number of carbonyl (C=O) groups excluding carboxylic acids is 1. The molecule has 0 N–H and O–H groups in total. The van der Waals surface area contributed by atoms with Gasteiger partial charge in [-0.1, -0.05) is 24.8 Å². The number of benzene rings is 1. The van der Waals surface area contributed by atoms with E-state index in [-0.39, 0.29) is 42.4 Å². The molecular weight excluding hydrogens is 576 g/mol. The van der Waals surface area contributed by atoms with E-state index in [1.165, 1.54) is 10.5 Å². The highest BCUT2D eigenvalue weighted by molar-refractivity contribution is 5.93. The van der Waals surface area contributed by atoms with Crippen molar-refractivity contribution in [1.29, 1.82) is 0 Å². The minimum atomic E-state index is -1.06. The minimum Gasteiger partial charge on any atom is -0.461 e. The molecule has 45 heavy (non-hydrogen) atoms. The fraction of sp³-hybridized carbons (Fsp3) is 0.500. The number of amides is 1. The van der Waals surface area contributed by atoms with Gasteiger partial charge in [0.15, 0.2) is 11.6 Å². The van der Waals surface area contributed by atoms with Crippen LogP contribution in [-0.2, 0) is 17.6 Å². The minimum absolute atomic E-state index is 0.0177. The normalized spacial score (nSPS) is 21.0. The number of aryl methyl sites for hydroxylation is 1. The van der Waals surface area contributed by atoms with Crippen LogP contribution in [0.1, 0.15) is 49.7 Å². The van der Waals surface area contributed by atoms with Crippen LogP contribution in [0.2, 0.25) is 0 Å². The Morgan fingerprint density at radius 2 is 1.91 bits per heavy atom. The smallest absolute Gasteiger partial charge is 0.319 e. The van der Waals surface area contributed by atoms with Crippen LogP contribution in [0.5, 0.6) is 6.01 Å². The van der Waals surface area contributed by atoms with Crippen LogP contribution in [0, 0.1) is 12.4 Å². The number of ether oxygens (including phenoxy) is 1. The number of hydrogen-bond acceptors (Lipinski definition) is 7. The van der Waals surface area contributed by atoms with Crippen molar-refractivity contribution in [2.45, 2.75) is 62.9 Å². The zero-order valence-electron chi connectivity index (χ0n) is 25.4. The summed E-state index contributed by atoms with van der Waals surface area (Å²) >= 11 is 0. The summed E-state index contributed by atoms with van der Waals surface area (Å²) in [4.78, 5) is 35.9. The molecule has 11 heteroatoms. The van der Waals surface area contributed by atoms with Crippen LogP contribution in [-0.4, -0.2) is 88.1 Å². The van der Waals surface area contributed by atoms with E-state index in [9.17, 15) is 9.18 Å². The highest BCUT2D eigenvalue weighted by atomic mass is 19.1. The first-order valence-corrected chi connectivity index (χ1v) is 16.0. The van der Waals surface area contributed by atoms with Crippen LogP contribution in [0.3, 0.4) is 0 Å². The predicted molar refractivity (Wildman–Crippen MR) is 167 cm³/mol. The van der Waals surface area contributed by atoms with E-state index in [0.29, 0.717) is 24.4 Å². The zero-order chi connectivity index (χ0) is 31.1. The Bertz CT molecular complexity index is 1700. The molecule has 3 aliphatic heterocycles. The first kappa shape index (κ1) is 29.5. The SMILES string of the molecule is [C-]#[N+]C[C@H]1CN(c2nc(OCC34CCCN3CCC4)nc3c(F)c(-c4cccc5c4CCCC5)ncc23)CCN1C(=O)C(=C)F. The van der Waals surface area contributed by atoms with Gasteiger partial charge < -0.3 is 19.4 Å². The molecule has 1 aliphatic carbocycles. The molecule has 1 amide bonds. The molecule has 5 heterocycles. The maximum Gasteiger partial charge on any atom is 0.319 e. The number of carbonyl (C=O) groups is 1. The van der Waals surface area contributed by atoms with Gasteiger partial charge in [0.1, 0.15) is 29.7 Å². The second-order valence-corrected chi connectivity index (χ2v) is 12.7. The second-order valence-electron chi connectivity index (χ2n) is 12.7. The van der Waals surface area contributed by atoms with Gasteiger partial charge >= 0.3 is 6.01 Å². The van der Waals surface area contributed by atoms with Gasteiger partial charge in [-0.2, -0.15) is 9.97 Å². The molecule has 0 bridgehead atoms. The molecule has 7 rings (SSSR count). The third-order valence-corrected chi connectivity index (χ3v) is 10.2. The number of piperazine rings is 1. The average Bonchev–Trinajstić information content (AvgIpc) is 3.64. The lowest BCUT2D eigenvalue weighted by Gasteiger charge is -2.39. The van der Waals surface area contributed by atoms with Crippen molar-refractivity contribution in [2.24, 2.45) is 0 Å². The number of hydrogen-bond donors (Lipinski definition) is 0. The molecule has 3 aromatic rings. The number of aromatic nitrogens is 3.